The Hall–Kier alpha value is -2.25. The smallest absolute Gasteiger partial charge is 0.270 e. The molecule has 2 heterocycles. The van der Waals surface area contributed by atoms with Crippen LogP contribution in [0.25, 0.3) is 6.08 Å². The van der Waals surface area contributed by atoms with Gasteiger partial charge in [0, 0.05) is 22.4 Å². The summed E-state index contributed by atoms with van der Waals surface area (Å²) in [5.41, 5.74) is 2.53. The third-order valence-electron chi connectivity index (χ3n) is 4.12. The van der Waals surface area contributed by atoms with Crippen LogP contribution in [0, 0.1) is 6.92 Å². The zero-order valence-electron chi connectivity index (χ0n) is 14.6. The predicted molar refractivity (Wildman–Crippen MR) is 110 cm³/mol. The molecule has 134 valence electrons. The third kappa shape index (κ3) is 3.50. The molecule has 0 atom stereocenters. The van der Waals surface area contributed by atoms with E-state index in [0.717, 1.165) is 15.7 Å². The van der Waals surface area contributed by atoms with Crippen molar-refractivity contribution >= 4 is 56.8 Å². The Morgan fingerprint density at radius 3 is 2.42 bits per heavy atom. The van der Waals surface area contributed by atoms with E-state index >= 15 is 0 Å². The van der Waals surface area contributed by atoms with Gasteiger partial charge in [-0.15, -0.1) is 0 Å². The lowest BCUT2D eigenvalue weighted by Crippen LogP contribution is -2.54. The van der Waals surface area contributed by atoms with Gasteiger partial charge in [0.1, 0.15) is 5.57 Å². The van der Waals surface area contributed by atoms with Crippen molar-refractivity contribution in [3.63, 3.8) is 0 Å². The van der Waals surface area contributed by atoms with Gasteiger partial charge >= 0.3 is 0 Å². The summed E-state index contributed by atoms with van der Waals surface area (Å²) in [5.74, 6) is -0.917. The lowest BCUT2D eigenvalue weighted by Gasteiger charge is -2.28. The molecule has 0 unspecified atom stereocenters. The summed E-state index contributed by atoms with van der Waals surface area (Å²) in [6.45, 7) is 6.15. The van der Waals surface area contributed by atoms with E-state index in [1.807, 2.05) is 31.3 Å². The predicted octanol–water partition coefficient (Wildman–Crippen LogP) is 3.97. The van der Waals surface area contributed by atoms with Crippen molar-refractivity contribution in [2.45, 2.75) is 26.8 Å². The minimum atomic E-state index is -0.483. The van der Waals surface area contributed by atoms with Crippen LogP contribution < -0.4 is 10.2 Å². The molecule has 1 N–H and O–H groups in total. The first-order chi connectivity index (χ1) is 12.3. The van der Waals surface area contributed by atoms with Gasteiger partial charge in [0.25, 0.3) is 11.8 Å². The molecule has 2 amide bonds. The summed E-state index contributed by atoms with van der Waals surface area (Å²) in [6.07, 6.45) is 3.54. The van der Waals surface area contributed by atoms with Crippen LogP contribution >= 0.6 is 28.1 Å². The van der Waals surface area contributed by atoms with E-state index in [4.69, 9.17) is 12.2 Å². The molecule has 0 aliphatic carbocycles. The number of aryl methyl sites for hydroxylation is 1. The number of amides is 2. The van der Waals surface area contributed by atoms with Gasteiger partial charge in [0.05, 0.1) is 5.69 Å². The van der Waals surface area contributed by atoms with Gasteiger partial charge in [-0.05, 0) is 75.0 Å². The molecule has 0 spiro atoms. The van der Waals surface area contributed by atoms with Gasteiger partial charge < -0.3 is 4.57 Å². The number of nitrogens with one attached hydrogen (secondary N) is 1. The standard InChI is InChI=1S/C19H18BrN3O2S/c1-11(2)22-10-13(8-12(22)3)9-16-17(24)21-19(26)23(18(16)25)15-6-4-14(20)5-7-15/h4-11H,1-3H3,(H,21,24,26)/b16-9-. The van der Waals surface area contributed by atoms with E-state index < -0.39 is 11.8 Å². The Labute approximate surface area is 165 Å². The zero-order chi connectivity index (χ0) is 19.0. The maximum absolute atomic E-state index is 13.0. The minimum Gasteiger partial charge on any atom is -0.349 e. The van der Waals surface area contributed by atoms with E-state index in [-0.39, 0.29) is 10.7 Å². The van der Waals surface area contributed by atoms with Gasteiger partial charge in [-0.1, -0.05) is 15.9 Å². The fourth-order valence-electron chi connectivity index (χ4n) is 2.90. The second-order valence-corrected chi connectivity index (χ2v) is 7.65. The van der Waals surface area contributed by atoms with Crippen molar-refractivity contribution < 1.29 is 9.59 Å². The number of carbonyl (C=O) groups excluding carboxylic acids is 2. The second kappa shape index (κ2) is 7.17. The Morgan fingerprint density at radius 1 is 1.19 bits per heavy atom. The van der Waals surface area contributed by atoms with Crippen LogP contribution in [-0.4, -0.2) is 21.5 Å². The number of thiocarbonyl (C=S) groups is 1. The Morgan fingerprint density at radius 2 is 1.85 bits per heavy atom. The second-order valence-electron chi connectivity index (χ2n) is 6.35. The van der Waals surface area contributed by atoms with Gasteiger partial charge in [-0.2, -0.15) is 0 Å². The summed E-state index contributed by atoms with van der Waals surface area (Å²) in [4.78, 5) is 26.6. The van der Waals surface area contributed by atoms with E-state index in [1.165, 1.54) is 4.90 Å². The number of hydrogen-bond donors (Lipinski definition) is 1. The number of nitrogens with zero attached hydrogens (tertiary/aromatic N) is 2. The number of anilines is 1. The van der Waals surface area contributed by atoms with Gasteiger partial charge in [-0.25, -0.2) is 0 Å². The molecule has 3 rings (SSSR count). The number of hydrogen-bond acceptors (Lipinski definition) is 3. The monoisotopic (exact) mass is 431 g/mol. The van der Waals surface area contributed by atoms with Crippen molar-refractivity contribution in [1.29, 1.82) is 0 Å². The number of aromatic nitrogens is 1. The third-order valence-corrected chi connectivity index (χ3v) is 4.94. The molecule has 7 heteroatoms. The van der Waals surface area contributed by atoms with E-state index in [9.17, 15) is 9.59 Å². The van der Waals surface area contributed by atoms with E-state index in [0.29, 0.717) is 11.7 Å². The van der Waals surface area contributed by atoms with E-state index in [1.54, 1.807) is 18.2 Å². The number of rotatable bonds is 3. The molecular formula is C19H18BrN3O2S. The summed E-state index contributed by atoms with van der Waals surface area (Å²) < 4.78 is 2.98. The van der Waals surface area contributed by atoms with Crippen molar-refractivity contribution in [3.05, 3.63) is 57.8 Å². The highest BCUT2D eigenvalue weighted by molar-refractivity contribution is 9.10. The molecule has 0 saturated carbocycles. The number of benzene rings is 1. The SMILES string of the molecule is Cc1cc(/C=C2/C(=O)NC(=S)N(c3ccc(Br)cc3)C2=O)cn1C(C)C. The first kappa shape index (κ1) is 18.5. The normalized spacial score (nSPS) is 16.6. The topological polar surface area (TPSA) is 54.3 Å². The maximum Gasteiger partial charge on any atom is 0.270 e. The maximum atomic E-state index is 13.0. The Bertz CT molecular complexity index is 929. The molecule has 0 bridgehead atoms. The van der Waals surface area contributed by atoms with Crippen LogP contribution in [0.3, 0.4) is 0 Å². The molecule has 26 heavy (non-hydrogen) atoms. The number of carbonyl (C=O) groups is 2. The highest BCUT2D eigenvalue weighted by Crippen LogP contribution is 2.24. The van der Waals surface area contributed by atoms with Gasteiger partial charge in [0.2, 0.25) is 0 Å². The van der Waals surface area contributed by atoms with Crippen LogP contribution in [0.4, 0.5) is 5.69 Å². The van der Waals surface area contributed by atoms with Crippen molar-refractivity contribution in [2.24, 2.45) is 0 Å². The molecule has 1 saturated heterocycles. The highest BCUT2D eigenvalue weighted by Gasteiger charge is 2.34. The first-order valence-electron chi connectivity index (χ1n) is 8.13. The molecule has 2 aromatic rings. The highest BCUT2D eigenvalue weighted by atomic mass is 79.9. The molecule has 1 aromatic heterocycles. The molecule has 1 aliphatic heterocycles. The van der Waals surface area contributed by atoms with E-state index in [2.05, 4.69) is 39.7 Å². The van der Waals surface area contributed by atoms with Crippen LogP contribution in [-0.2, 0) is 9.59 Å². The van der Waals surface area contributed by atoms with Crippen LogP contribution in [0.5, 0.6) is 0 Å². The first-order valence-corrected chi connectivity index (χ1v) is 9.33. The van der Waals surface area contributed by atoms with Crippen LogP contribution in [0.15, 0.2) is 46.6 Å². The lowest BCUT2D eigenvalue weighted by atomic mass is 10.1. The molecule has 1 aromatic carbocycles. The van der Waals surface area contributed by atoms with Gasteiger partial charge in [0.15, 0.2) is 5.11 Å². The van der Waals surface area contributed by atoms with Crippen LogP contribution in [0.2, 0.25) is 0 Å². The Kier molecular flexibility index (Phi) is 5.11. The molecule has 5 nitrogen and oxygen atoms in total. The fraction of sp³-hybridized carbons (Fsp3) is 0.211. The summed E-state index contributed by atoms with van der Waals surface area (Å²) in [6, 6.07) is 9.41. The van der Waals surface area contributed by atoms with Crippen LogP contribution in [0.1, 0.15) is 31.1 Å². The number of halogens is 1. The van der Waals surface area contributed by atoms with Crippen molar-refractivity contribution in [3.8, 4) is 0 Å². The molecular weight excluding hydrogens is 414 g/mol. The minimum absolute atomic E-state index is 0.0578. The molecule has 1 aliphatic rings. The zero-order valence-corrected chi connectivity index (χ0v) is 17.0. The van der Waals surface area contributed by atoms with Gasteiger partial charge in [-0.3, -0.25) is 19.8 Å². The Balaban J connectivity index is 2.00. The summed E-state index contributed by atoms with van der Waals surface area (Å²) >= 11 is 8.57. The quantitative estimate of drug-likeness (QED) is 0.454. The summed E-state index contributed by atoms with van der Waals surface area (Å²) in [5, 5.41) is 2.68. The average molecular weight is 432 g/mol. The fourth-order valence-corrected chi connectivity index (χ4v) is 3.44. The lowest BCUT2D eigenvalue weighted by molar-refractivity contribution is -0.122. The molecule has 1 fully saturated rings. The largest absolute Gasteiger partial charge is 0.349 e. The molecule has 0 radical (unpaired) electrons. The average Bonchev–Trinajstić information content (AvgIpc) is 2.94. The van der Waals surface area contributed by atoms with Crippen molar-refractivity contribution in [1.82, 2.24) is 9.88 Å². The van der Waals surface area contributed by atoms with Crippen molar-refractivity contribution in [2.75, 3.05) is 4.90 Å². The summed E-state index contributed by atoms with van der Waals surface area (Å²) in [7, 11) is 0.